The molecule has 1 aromatic heterocycles. The molecular weight excluding hydrogens is 556 g/mol. The Labute approximate surface area is 242 Å². The van der Waals surface area contributed by atoms with Gasteiger partial charge < -0.3 is 28.6 Å². The Morgan fingerprint density at radius 3 is 2.00 bits per heavy atom. The molecule has 41 heavy (non-hydrogen) atoms. The molecule has 0 fully saturated rings. The number of aromatic nitrogens is 1. The van der Waals surface area contributed by atoms with Crippen LogP contribution >= 0.6 is 0 Å². The van der Waals surface area contributed by atoms with Crippen molar-refractivity contribution in [3.8, 4) is 5.75 Å². The van der Waals surface area contributed by atoms with Gasteiger partial charge in [-0.25, -0.2) is 23.2 Å². The average Bonchev–Trinajstić information content (AvgIpc) is 2.93. The van der Waals surface area contributed by atoms with Crippen LogP contribution in [0.3, 0.4) is 0 Å². The van der Waals surface area contributed by atoms with Crippen molar-refractivity contribution < 1.29 is 57.1 Å². The summed E-state index contributed by atoms with van der Waals surface area (Å²) in [6.45, 7) is 5.65. The predicted octanol–water partition coefficient (Wildman–Crippen LogP) is -1.03. The summed E-state index contributed by atoms with van der Waals surface area (Å²) >= 11 is 0. The molecule has 0 N–H and O–H groups in total. The topological polar surface area (TPSA) is 146 Å². The molecule has 12 heteroatoms. The number of anilines is 1. The van der Waals surface area contributed by atoms with Crippen LogP contribution in [0.4, 0.5) is 5.69 Å². The third-order valence-electron chi connectivity index (χ3n) is 6.10. The average molecular weight is 593 g/mol. The second-order valence-corrected chi connectivity index (χ2v) is 9.81. The minimum atomic E-state index is -4.94. The van der Waals surface area contributed by atoms with Gasteiger partial charge >= 0.3 is 0 Å². The zero-order valence-electron chi connectivity index (χ0n) is 23.4. The van der Waals surface area contributed by atoms with Gasteiger partial charge in [0.15, 0.2) is 6.20 Å². The number of hydrogen-bond acceptors (Lipinski definition) is 10. The van der Waals surface area contributed by atoms with Gasteiger partial charge in [-0.05, 0) is 29.3 Å². The zero-order valence-corrected chi connectivity index (χ0v) is 24.1. The summed E-state index contributed by atoms with van der Waals surface area (Å²) < 4.78 is 64.7. The quantitative estimate of drug-likeness (QED) is 0.339. The normalized spacial score (nSPS) is 16.7. The van der Waals surface area contributed by atoms with Crippen LogP contribution in [0.1, 0.15) is 11.1 Å². The summed E-state index contributed by atoms with van der Waals surface area (Å²) in [7, 11) is -0.820. The van der Waals surface area contributed by atoms with Gasteiger partial charge in [0.25, 0.3) is 0 Å². The molecular formula is C29H37ClN2O9. The molecule has 0 saturated carbocycles. The number of para-hydroxylation sites is 1. The van der Waals surface area contributed by atoms with Crippen molar-refractivity contribution in [2.45, 2.75) is 0 Å². The highest BCUT2D eigenvalue weighted by atomic mass is 35.7. The molecule has 0 saturated heterocycles. The van der Waals surface area contributed by atoms with Crippen molar-refractivity contribution in [2.75, 3.05) is 78.0 Å². The highest BCUT2D eigenvalue weighted by molar-refractivity contribution is 5.88. The Hall–Kier alpha value is -2.84. The number of ether oxygens (including phenoxy) is 5. The number of rotatable bonds is 2. The Kier molecular flexibility index (Phi) is 13.7. The lowest BCUT2D eigenvalue weighted by molar-refractivity contribution is -2.00. The molecule has 3 aromatic rings. The molecule has 224 valence electrons. The van der Waals surface area contributed by atoms with Gasteiger partial charge in [0.1, 0.15) is 19.4 Å². The Morgan fingerprint density at radius 2 is 1.34 bits per heavy atom. The minimum absolute atomic E-state index is 0.466. The summed E-state index contributed by atoms with van der Waals surface area (Å²) in [6.07, 6.45) is 6.39. The van der Waals surface area contributed by atoms with Crippen LogP contribution in [0.2, 0.25) is 0 Å². The van der Waals surface area contributed by atoms with Crippen LogP contribution in [0.25, 0.3) is 23.1 Å². The molecule has 0 unspecified atom stereocenters. The van der Waals surface area contributed by atoms with Crippen LogP contribution in [-0.2, 0) is 26.0 Å². The number of aryl methyl sites for hydroxylation is 1. The maximum Gasteiger partial charge on any atom is 0.212 e. The van der Waals surface area contributed by atoms with E-state index in [-0.39, 0.29) is 0 Å². The largest absolute Gasteiger partial charge is 0.489 e. The number of hydrogen-bond donors (Lipinski definition) is 0. The van der Waals surface area contributed by atoms with Crippen molar-refractivity contribution in [3.63, 3.8) is 0 Å². The maximum atomic E-state index is 8.49. The van der Waals surface area contributed by atoms with Crippen LogP contribution in [-0.4, -0.2) is 73.1 Å². The molecule has 0 radical (unpaired) electrons. The highest BCUT2D eigenvalue weighted by Crippen LogP contribution is 2.30. The van der Waals surface area contributed by atoms with E-state index in [0.29, 0.717) is 59.5 Å². The molecule has 1 aliphatic rings. The van der Waals surface area contributed by atoms with Gasteiger partial charge in [-0.15, -0.1) is 10.2 Å². The fourth-order valence-electron chi connectivity index (χ4n) is 4.08. The fourth-order valence-corrected chi connectivity index (χ4v) is 4.08. The van der Waals surface area contributed by atoms with E-state index in [0.717, 1.165) is 23.5 Å². The molecule has 0 atom stereocenters. The monoisotopic (exact) mass is 592 g/mol. The smallest absolute Gasteiger partial charge is 0.212 e. The molecule has 0 aliphatic carbocycles. The first-order valence-corrected chi connectivity index (χ1v) is 14.4. The van der Waals surface area contributed by atoms with E-state index in [1.54, 1.807) is 0 Å². The number of pyridine rings is 1. The van der Waals surface area contributed by atoms with E-state index in [4.69, 9.17) is 42.3 Å². The van der Waals surface area contributed by atoms with Crippen LogP contribution in [0, 0.1) is 10.2 Å². The molecule has 0 spiro atoms. The summed E-state index contributed by atoms with van der Waals surface area (Å²) in [4.78, 5) is 2.16. The molecule has 2 heterocycles. The van der Waals surface area contributed by atoms with Gasteiger partial charge in [0.2, 0.25) is 5.52 Å². The fraction of sp³-hybridized carbons (Fsp3) is 0.414. The van der Waals surface area contributed by atoms with E-state index < -0.39 is 10.2 Å². The Bertz CT molecular complexity index is 1230. The van der Waals surface area contributed by atoms with Crippen molar-refractivity contribution in [3.05, 3.63) is 65.9 Å². The van der Waals surface area contributed by atoms with Gasteiger partial charge in [0, 0.05) is 25.7 Å². The van der Waals surface area contributed by atoms with E-state index in [9.17, 15) is 0 Å². The molecule has 4 rings (SSSR count). The summed E-state index contributed by atoms with van der Waals surface area (Å²) in [6, 6.07) is 16.9. The van der Waals surface area contributed by atoms with E-state index in [1.165, 1.54) is 16.5 Å². The Balaban J connectivity index is 0.000000850. The number of likely N-dealkylation sites (N-methyl/N-ethyl adjacent to an activating group) is 1. The predicted molar refractivity (Wildman–Crippen MR) is 143 cm³/mol. The summed E-state index contributed by atoms with van der Waals surface area (Å²) in [5.74, 6) is 0.827. The lowest BCUT2D eigenvalue weighted by atomic mass is 10.1. The van der Waals surface area contributed by atoms with E-state index in [2.05, 4.69) is 90.4 Å². The SMILES string of the molecule is CN1CCOCCOCCOCCOCCOc2cc(/C=C/c3cc[n+](C)c4ccccc34)ccc21.[O-][Cl+3]([O-])([O-])[O-]. The van der Waals surface area contributed by atoms with E-state index >= 15 is 0 Å². The van der Waals surface area contributed by atoms with E-state index in [1.807, 2.05) is 0 Å². The lowest BCUT2D eigenvalue weighted by Gasteiger charge is -2.23. The molecule has 2 aromatic carbocycles. The van der Waals surface area contributed by atoms with Gasteiger partial charge in [-0.2, -0.15) is 0 Å². The molecule has 0 bridgehead atoms. The lowest BCUT2D eigenvalue weighted by Crippen LogP contribution is -2.68. The first kappa shape index (κ1) is 32.7. The first-order valence-electron chi connectivity index (χ1n) is 13.2. The van der Waals surface area contributed by atoms with Gasteiger partial charge in [-0.1, -0.05) is 30.4 Å². The Morgan fingerprint density at radius 1 is 0.756 bits per heavy atom. The van der Waals surface area contributed by atoms with Gasteiger partial charge in [0.05, 0.1) is 63.9 Å². The molecule has 11 nitrogen and oxygen atoms in total. The second kappa shape index (κ2) is 17.2. The zero-order chi connectivity index (χ0) is 29.5. The van der Waals surface area contributed by atoms with Crippen LogP contribution in [0.5, 0.6) is 5.75 Å². The number of benzene rings is 2. The molecule has 1 aliphatic heterocycles. The second-order valence-electron chi connectivity index (χ2n) is 9.06. The third kappa shape index (κ3) is 12.3. The maximum absolute atomic E-state index is 8.49. The van der Waals surface area contributed by atoms with Crippen molar-refractivity contribution >= 4 is 28.7 Å². The minimum Gasteiger partial charge on any atom is -0.489 e. The van der Waals surface area contributed by atoms with Gasteiger partial charge in [-0.3, -0.25) is 0 Å². The number of nitrogens with zero attached hydrogens (tertiary/aromatic N) is 2. The van der Waals surface area contributed by atoms with Crippen LogP contribution < -0.4 is 32.8 Å². The standard InChI is InChI=1S/C29H37N2O5.ClHO4/c1-30-12-11-25(26-5-3-4-6-27(26)30)9-7-24-8-10-28-29(23-24)36-22-21-35-20-19-34-18-17-33-16-15-32-14-13-31(28)2;2-1(3,4)5/h3-12,23H,13-22H2,1-2H3;(H,2,3,4,5)/q+1;/p-1. The van der Waals surface area contributed by atoms with Crippen molar-refractivity contribution in [1.82, 2.24) is 0 Å². The summed E-state index contributed by atoms with van der Waals surface area (Å²) in [5, 5.41) is 1.22. The first-order chi connectivity index (χ1) is 19.7. The highest BCUT2D eigenvalue weighted by Gasteiger charge is 2.11. The van der Waals surface area contributed by atoms with Crippen molar-refractivity contribution in [1.29, 1.82) is 0 Å². The van der Waals surface area contributed by atoms with Crippen molar-refractivity contribution in [2.24, 2.45) is 7.05 Å². The number of fused-ring (bicyclic) bond motifs is 2. The number of halogens is 1. The third-order valence-corrected chi connectivity index (χ3v) is 6.10. The molecule has 0 amide bonds. The summed E-state index contributed by atoms with van der Waals surface area (Å²) in [5.41, 5.74) is 4.47. The van der Waals surface area contributed by atoms with Crippen LogP contribution in [0.15, 0.2) is 54.7 Å².